The molecule has 0 radical (unpaired) electrons. The van der Waals surface area contributed by atoms with Crippen molar-refractivity contribution in [3.63, 3.8) is 0 Å². The van der Waals surface area contributed by atoms with E-state index in [4.69, 9.17) is 4.74 Å². The van der Waals surface area contributed by atoms with Crippen molar-refractivity contribution in [3.05, 3.63) is 35.4 Å². The molecule has 0 amide bonds. The third-order valence-electron chi connectivity index (χ3n) is 1.84. The lowest BCUT2D eigenvalue weighted by atomic mass is 10.1. The second-order valence-corrected chi connectivity index (χ2v) is 3.52. The number of carbonyl (C=O) groups excluding carboxylic acids is 1. The third-order valence-corrected chi connectivity index (χ3v) is 2.07. The van der Waals surface area contributed by atoms with Crippen molar-refractivity contribution in [2.75, 3.05) is 12.4 Å². The Bertz CT molecular complexity index is 415. The summed E-state index contributed by atoms with van der Waals surface area (Å²) in [4.78, 5) is 11.4. The van der Waals surface area contributed by atoms with Gasteiger partial charge in [0.25, 0.3) is 0 Å². The van der Waals surface area contributed by atoms with Gasteiger partial charge in [-0.3, -0.25) is 0 Å². The highest BCUT2D eigenvalue weighted by Gasteiger charge is 2.05. The Hall–Kier alpha value is -1.40. The van der Waals surface area contributed by atoms with Crippen LogP contribution in [0.4, 0.5) is 0 Å². The van der Waals surface area contributed by atoms with E-state index in [1.54, 1.807) is 25.1 Å². The zero-order valence-electron chi connectivity index (χ0n) is 9.19. The van der Waals surface area contributed by atoms with Gasteiger partial charge in [0, 0.05) is 17.7 Å². The Morgan fingerprint density at radius 3 is 3.00 bits per heavy atom. The fourth-order valence-corrected chi connectivity index (χ4v) is 1.27. The molecule has 16 heavy (non-hydrogen) atoms. The largest absolute Gasteiger partial charge is 0.462 e. The minimum atomic E-state index is -0.305. The predicted molar refractivity (Wildman–Crippen MR) is 67.7 cm³/mol. The smallest absolute Gasteiger partial charge is 0.338 e. The van der Waals surface area contributed by atoms with Gasteiger partial charge in [-0.05, 0) is 25.1 Å². The van der Waals surface area contributed by atoms with Crippen molar-refractivity contribution in [2.24, 2.45) is 0 Å². The first-order valence-corrected chi connectivity index (χ1v) is 5.78. The van der Waals surface area contributed by atoms with E-state index in [1.807, 2.05) is 6.07 Å². The van der Waals surface area contributed by atoms with Gasteiger partial charge in [-0.15, -0.1) is 0 Å². The number of benzene rings is 1. The Balaban J connectivity index is 2.79. The molecule has 84 valence electrons. The molecule has 0 saturated carbocycles. The highest BCUT2D eigenvalue weighted by atomic mass is 32.1. The highest BCUT2D eigenvalue weighted by molar-refractivity contribution is 7.80. The summed E-state index contributed by atoms with van der Waals surface area (Å²) in [6.07, 6.45) is 0.743. The first kappa shape index (κ1) is 12.7. The van der Waals surface area contributed by atoms with Crippen LogP contribution in [0.25, 0.3) is 0 Å². The monoisotopic (exact) mass is 234 g/mol. The Morgan fingerprint density at radius 2 is 2.31 bits per heavy atom. The number of thiol groups is 1. The van der Waals surface area contributed by atoms with Crippen LogP contribution in [0.1, 0.15) is 29.3 Å². The van der Waals surface area contributed by atoms with Crippen LogP contribution in [0, 0.1) is 11.8 Å². The Labute approximate surface area is 101 Å². The van der Waals surface area contributed by atoms with Gasteiger partial charge in [0.15, 0.2) is 0 Å². The molecule has 0 aliphatic carbocycles. The van der Waals surface area contributed by atoms with E-state index in [0.29, 0.717) is 12.2 Å². The van der Waals surface area contributed by atoms with Crippen molar-refractivity contribution < 1.29 is 9.53 Å². The molecule has 0 fully saturated rings. The second kappa shape index (κ2) is 6.97. The lowest BCUT2D eigenvalue weighted by Gasteiger charge is -2.01. The lowest BCUT2D eigenvalue weighted by molar-refractivity contribution is 0.0526. The highest BCUT2D eigenvalue weighted by Crippen LogP contribution is 2.05. The number of hydrogen-bond acceptors (Lipinski definition) is 3. The molecule has 0 spiro atoms. The molecular formula is C13H14O2S. The summed E-state index contributed by atoms with van der Waals surface area (Å²) in [5.74, 6) is 6.38. The fraction of sp³-hybridized carbons (Fsp3) is 0.308. The molecule has 0 unspecified atom stereocenters. The topological polar surface area (TPSA) is 26.3 Å². The van der Waals surface area contributed by atoms with Gasteiger partial charge in [-0.2, -0.15) is 12.6 Å². The van der Waals surface area contributed by atoms with Gasteiger partial charge in [0.05, 0.1) is 12.2 Å². The van der Waals surface area contributed by atoms with Crippen LogP contribution < -0.4 is 0 Å². The number of hydrogen-bond donors (Lipinski definition) is 1. The van der Waals surface area contributed by atoms with Crippen molar-refractivity contribution in [1.82, 2.24) is 0 Å². The quantitative estimate of drug-likeness (QED) is 0.494. The maximum atomic E-state index is 11.4. The average Bonchev–Trinajstić information content (AvgIpc) is 2.30. The first-order valence-electron chi connectivity index (χ1n) is 5.15. The van der Waals surface area contributed by atoms with Crippen LogP contribution in [0.3, 0.4) is 0 Å². The third kappa shape index (κ3) is 4.00. The van der Waals surface area contributed by atoms with Crippen LogP contribution >= 0.6 is 12.6 Å². The minimum absolute atomic E-state index is 0.305. The van der Waals surface area contributed by atoms with E-state index >= 15 is 0 Å². The molecule has 0 heterocycles. The molecule has 1 rings (SSSR count). The van der Waals surface area contributed by atoms with E-state index in [2.05, 4.69) is 24.5 Å². The maximum Gasteiger partial charge on any atom is 0.338 e. The van der Waals surface area contributed by atoms with Crippen LogP contribution in [0.15, 0.2) is 24.3 Å². The summed E-state index contributed by atoms with van der Waals surface area (Å²) < 4.78 is 4.91. The Morgan fingerprint density at radius 1 is 1.50 bits per heavy atom. The maximum absolute atomic E-state index is 11.4. The number of esters is 1. The van der Waals surface area contributed by atoms with E-state index in [1.165, 1.54) is 0 Å². The van der Waals surface area contributed by atoms with Gasteiger partial charge >= 0.3 is 5.97 Å². The normalized spacial score (nSPS) is 9.12. The molecule has 0 aromatic heterocycles. The molecule has 0 N–H and O–H groups in total. The van der Waals surface area contributed by atoms with Crippen LogP contribution in [-0.4, -0.2) is 18.3 Å². The molecule has 2 nitrogen and oxygen atoms in total. The van der Waals surface area contributed by atoms with Gasteiger partial charge in [-0.25, -0.2) is 4.79 Å². The predicted octanol–water partition coefficient (Wildman–Crippen LogP) is 2.53. The fourth-order valence-electron chi connectivity index (χ4n) is 1.16. The molecule has 0 atom stereocenters. The van der Waals surface area contributed by atoms with Crippen LogP contribution in [0.5, 0.6) is 0 Å². The van der Waals surface area contributed by atoms with E-state index in [0.717, 1.165) is 17.7 Å². The molecule has 1 aromatic carbocycles. The van der Waals surface area contributed by atoms with Gasteiger partial charge in [-0.1, -0.05) is 17.9 Å². The molecule has 0 bridgehead atoms. The number of rotatable bonds is 3. The summed E-state index contributed by atoms with van der Waals surface area (Å²) in [6, 6.07) is 7.14. The first-order chi connectivity index (χ1) is 7.77. The zero-order valence-corrected chi connectivity index (χ0v) is 10.1. The van der Waals surface area contributed by atoms with Gasteiger partial charge in [0.1, 0.15) is 0 Å². The lowest BCUT2D eigenvalue weighted by Crippen LogP contribution is -2.04. The summed E-state index contributed by atoms with van der Waals surface area (Å²) in [7, 11) is 0. The minimum Gasteiger partial charge on any atom is -0.462 e. The van der Waals surface area contributed by atoms with Crippen molar-refractivity contribution in [1.29, 1.82) is 0 Å². The zero-order chi connectivity index (χ0) is 11.8. The van der Waals surface area contributed by atoms with Crippen LogP contribution in [0.2, 0.25) is 0 Å². The molecule has 0 aliphatic rings. The summed E-state index contributed by atoms with van der Waals surface area (Å²) in [5, 5.41) is 0. The molecule has 0 saturated heterocycles. The van der Waals surface area contributed by atoms with Crippen molar-refractivity contribution in [3.8, 4) is 11.8 Å². The van der Waals surface area contributed by atoms with E-state index < -0.39 is 0 Å². The molecular weight excluding hydrogens is 220 g/mol. The van der Waals surface area contributed by atoms with Gasteiger partial charge in [0.2, 0.25) is 0 Å². The molecule has 3 heteroatoms. The Kier molecular flexibility index (Phi) is 5.52. The molecule has 0 aliphatic heterocycles. The van der Waals surface area contributed by atoms with E-state index in [-0.39, 0.29) is 5.97 Å². The standard InChI is InChI=1S/C13H14O2S/c1-2-15-13(14)12-8-5-7-11(10-12)6-3-4-9-16/h5,7-8,10,16H,2,4,9H2,1H3. The van der Waals surface area contributed by atoms with Crippen LogP contribution in [-0.2, 0) is 4.74 Å². The number of ether oxygens (including phenoxy) is 1. The second-order valence-electron chi connectivity index (χ2n) is 3.08. The van der Waals surface area contributed by atoms with Crippen molar-refractivity contribution >= 4 is 18.6 Å². The average molecular weight is 234 g/mol. The summed E-state index contributed by atoms with van der Waals surface area (Å²) >= 11 is 4.07. The van der Waals surface area contributed by atoms with Gasteiger partial charge < -0.3 is 4.74 Å². The molecule has 1 aromatic rings. The van der Waals surface area contributed by atoms with Crippen molar-refractivity contribution in [2.45, 2.75) is 13.3 Å². The van der Waals surface area contributed by atoms with E-state index in [9.17, 15) is 4.79 Å². The SMILES string of the molecule is CCOC(=O)c1cccc(C#CCCS)c1. The number of carbonyl (C=O) groups is 1. The summed E-state index contributed by atoms with van der Waals surface area (Å²) in [5.41, 5.74) is 1.37. The summed E-state index contributed by atoms with van der Waals surface area (Å²) in [6.45, 7) is 2.17.